The van der Waals surface area contributed by atoms with Gasteiger partial charge in [-0.1, -0.05) is 51.1 Å². The minimum Gasteiger partial charge on any atom is -0.464 e. The van der Waals surface area contributed by atoms with Crippen molar-refractivity contribution in [1.29, 1.82) is 0 Å². The van der Waals surface area contributed by atoms with Crippen LogP contribution in [-0.2, 0) is 21.2 Å². The van der Waals surface area contributed by atoms with E-state index in [0.717, 1.165) is 35.3 Å². The topological polar surface area (TPSA) is 74.1 Å². The van der Waals surface area contributed by atoms with Crippen LogP contribution >= 0.6 is 0 Å². The van der Waals surface area contributed by atoms with Crippen LogP contribution in [0.5, 0.6) is 0 Å². The molecule has 7 nitrogen and oxygen atoms in total. The molecule has 0 spiro atoms. The molecule has 4 aromatic rings. The fourth-order valence-electron chi connectivity index (χ4n) is 5.30. The number of hydrogen-bond donors (Lipinski definition) is 0. The van der Waals surface area contributed by atoms with Gasteiger partial charge in [-0.25, -0.2) is 8.42 Å². The maximum Gasteiger partial charge on any atom is 0.264 e. The maximum atomic E-state index is 14.1. The van der Waals surface area contributed by atoms with Crippen LogP contribution in [-0.4, -0.2) is 51.9 Å². The highest BCUT2D eigenvalue weighted by atomic mass is 32.2. The van der Waals surface area contributed by atoms with Gasteiger partial charge >= 0.3 is 0 Å². The summed E-state index contributed by atoms with van der Waals surface area (Å²) in [7, 11) is -3.85. The van der Waals surface area contributed by atoms with Gasteiger partial charge in [0.1, 0.15) is 5.58 Å². The van der Waals surface area contributed by atoms with Crippen LogP contribution in [0.1, 0.15) is 38.3 Å². The van der Waals surface area contributed by atoms with E-state index in [2.05, 4.69) is 25.7 Å². The zero-order valence-electron chi connectivity index (χ0n) is 24.3. The predicted molar refractivity (Wildman–Crippen MR) is 165 cm³/mol. The van der Waals surface area contributed by atoms with Crippen LogP contribution < -0.4 is 9.21 Å². The first-order valence-corrected chi connectivity index (χ1v) is 15.6. The number of nitrogens with zero attached hydrogens (tertiary/aromatic N) is 3. The van der Waals surface area contributed by atoms with E-state index < -0.39 is 10.0 Å². The van der Waals surface area contributed by atoms with Crippen LogP contribution in [0.15, 0.2) is 88.4 Å². The Balaban J connectivity index is 1.37. The van der Waals surface area contributed by atoms with Crippen molar-refractivity contribution in [2.24, 2.45) is 5.41 Å². The number of carbonyl (C=O) groups excluding carboxylic acids is 1. The van der Waals surface area contributed by atoms with Gasteiger partial charge in [0.15, 0.2) is 0 Å². The third kappa shape index (κ3) is 6.59. The minimum atomic E-state index is -3.85. The van der Waals surface area contributed by atoms with Crippen molar-refractivity contribution in [1.82, 2.24) is 4.90 Å². The van der Waals surface area contributed by atoms with Crippen molar-refractivity contribution in [3.05, 3.63) is 90.2 Å². The van der Waals surface area contributed by atoms with Crippen LogP contribution in [0.25, 0.3) is 11.0 Å². The molecule has 1 amide bonds. The van der Waals surface area contributed by atoms with Gasteiger partial charge in [0, 0.05) is 50.2 Å². The SMILES string of the molecule is Cc1coc2ccc(S(=O)(=O)N(CCc3ccccc3)c3ccc(N4CCN(C(=O)CC(C)(C)C)CC4)cc3)cc12. The lowest BCUT2D eigenvalue weighted by Crippen LogP contribution is -2.49. The Labute approximate surface area is 243 Å². The van der Waals surface area contributed by atoms with Crippen LogP contribution in [0.4, 0.5) is 11.4 Å². The lowest BCUT2D eigenvalue weighted by atomic mass is 9.91. The molecule has 1 saturated heterocycles. The molecule has 1 aliphatic heterocycles. The lowest BCUT2D eigenvalue weighted by molar-refractivity contribution is -0.133. The third-order valence-corrected chi connectivity index (χ3v) is 9.41. The van der Waals surface area contributed by atoms with Crippen LogP contribution in [0.3, 0.4) is 0 Å². The summed E-state index contributed by atoms with van der Waals surface area (Å²) in [6.45, 7) is 11.3. The zero-order valence-corrected chi connectivity index (χ0v) is 25.2. The molecule has 5 rings (SSSR count). The van der Waals surface area contributed by atoms with E-state index >= 15 is 0 Å². The largest absolute Gasteiger partial charge is 0.464 e. The molecule has 0 atom stereocenters. The van der Waals surface area contributed by atoms with E-state index in [1.165, 1.54) is 4.31 Å². The van der Waals surface area contributed by atoms with E-state index in [4.69, 9.17) is 4.42 Å². The summed E-state index contributed by atoms with van der Waals surface area (Å²) in [6, 6.07) is 22.7. The monoisotopic (exact) mass is 573 g/mol. The molecule has 41 heavy (non-hydrogen) atoms. The number of benzene rings is 3. The van der Waals surface area contributed by atoms with Gasteiger partial charge in [0.05, 0.1) is 16.8 Å². The molecule has 0 radical (unpaired) electrons. The van der Waals surface area contributed by atoms with E-state index in [0.29, 0.717) is 43.7 Å². The van der Waals surface area contributed by atoms with E-state index in [1.54, 1.807) is 24.5 Å². The highest BCUT2D eigenvalue weighted by Gasteiger charge is 2.27. The van der Waals surface area contributed by atoms with E-state index in [-0.39, 0.29) is 16.2 Å². The summed E-state index contributed by atoms with van der Waals surface area (Å²) in [5.41, 5.74) is 4.25. The Morgan fingerprint density at radius 1 is 0.927 bits per heavy atom. The smallest absolute Gasteiger partial charge is 0.264 e. The molecule has 1 fully saturated rings. The van der Waals surface area contributed by atoms with Crippen molar-refractivity contribution in [3.8, 4) is 0 Å². The van der Waals surface area contributed by atoms with E-state index in [9.17, 15) is 13.2 Å². The second kappa shape index (κ2) is 11.6. The first kappa shape index (κ1) is 28.7. The lowest BCUT2D eigenvalue weighted by Gasteiger charge is -2.37. The van der Waals surface area contributed by atoms with Crippen molar-refractivity contribution in [2.75, 3.05) is 41.9 Å². The molecule has 0 saturated carbocycles. The number of fused-ring (bicyclic) bond motifs is 1. The van der Waals surface area contributed by atoms with Crippen molar-refractivity contribution < 1.29 is 17.6 Å². The number of rotatable bonds is 8. The Hall–Kier alpha value is -3.78. The zero-order chi connectivity index (χ0) is 29.2. The van der Waals surface area contributed by atoms with Crippen molar-refractivity contribution in [2.45, 2.75) is 45.4 Å². The molecule has 1 aliphatic rings. The third-order valence-electron chi connectivity index (χ3n) is 7.59. The molecule has 2 heterocycles. The maximum absolute atomic E-state index is 14.1. The summed E-state index contributed by atoms with van der Waals surface area (Å²) in [5, 5.41) is 0.796. The molecule has 216 valence electrons. The minimum absolute atomic E-state index is 0.0279. The quantitative estimate of drug-likeness (QED) is 0.249. The first-order chi connectivity index (χ1) is 19.5. The standard InChI is InChI=1S/C33H39N3O4S/c1-25-24-40-31-15-14-29(22-30(25)31)41(38,39)36(17-16-26-8-6-5-7-9-26)28-12-10-27(11-13-28)34-18-20-35(21-19-34)32(37)23-33(2,3)4/h5-15,22,24H,16-21,23H2,1-4H3. The predicted octanol–water partition coefficient (Wildman–Crippen LogP) is 6.26. The fourth-order valence-corrected chi connectivity index (χ4v) is 6.79. The summed E-state index contributed by atoms with van der Waals surface area (Å²) >= 11 is 0. The van der Waals surface area contributed by atoms with Gasteiger partial charge in [-0.15, -0.1) is 0 Å². The second-order valence-electron chi connectivity index (χ2n) is 12.0. The molecular formula is C33H39N3O4S. The van der Waals surface area contributed by atoms with Gasteiger partial charge in [0.2, 0.25) is 5.91 Å². The van der Waals surface area contributed by atoms with Crippen molar-refractivity contribution >= 4 is 38.3 Å². The van der Waals surface area contributed by atoms with Gasteiger partial charge in [-0.05, 0) is 72.4 Å². The Bertz CT molecular complexity index is 1600. The molecule has 1 aromatic heterocycles. The highest BCUT2D eigenvalue weighted by molar-refractivity contribution is 7.92. The number of aryl methyl sites for hydroxylation is 1. The number of amides is 1. The number of piperazine rings is 1. The molecule has 0 bridgehead atoms. The summed E-state index contributed by atoms with van der Waals surface area (Å²) in [6.07, 6.45) is 2.77. The number of anilines is 2. The average Bonchev–Trinajstić information content (AvgIpc) is 3.33. The number of furan rings is 1. The van der Waals surface area contributed by atoms with Crippen LogP contribution in [0, 0.1) is 12.3 Å². The summed E-state index contributed by atoms with van der Waals surface area (Å²) < 4.78 is 35.2. The summed E-state index contributed by atoms with van der Waals surface area (Å²) in [4.78, 5) is 17.1. The van der Waals surface area contributed by atoms with Gasteiger partial charge in [0.25, 0.3) is 10.0 Å². The molecule has 0 aliphatic carbocycles. The molecule has 3 aromatic carbocycles. The Morgan fingerprint density at radius 2 is 1.61 bits per heavy atom. The number of sulfonamides is 1. The molecule has 0 unspecified atom stereocenters. The Kier molecular flexibility index (Phi) is 8.13. The first-order valence-electron chi connectivity index (χ1n) is 14.2. The number of carbonyl (C=O) groups is 1. The highest BCUT2D eigenvalue weighted by Crippen LogP contribution is 2.30. The average molecular weight is 574 g/mol. The normalized spacial score (nSPS) is 14.4. The molecule has 8 heteroatoms. The Morgan fingerprint density at radius 3 is 2.27 bits per heavy atom. The fraction of sp³-hybridized carbons (Fsp3) is 0.364. The second-order valence-corrected chi connectivity index (χ2v) is 13.9. The van der Waals surface area contributed by atoms with Gasteiger partial charge in [-0.3, -0.25) is 9.10 Å². The van der Waals surface area contributed by atoms with Gasteiger partial charge < -0.3 is 14.2 Å². The number of hydrogen-bond acceptors (Lipinski definition) is 5. The van der Waals surface area contributed by atoms with E-state index in [1.807, 2.05) is 66.4 Å². The van der Waals surface area contributed by atoms with Crippen LogP contribution in [0.2, 0.25) is 0 Å². The summed E-state index contributed by atoms with van der Waals surface area (Å²) in [5.74, 6) is 0.204. The van der Waals surface area contributed by atoms with Crippen molar-refractivity contribution in [3.63, 3.8) is 0 Å². The molecular weight excluding hydrogens is 534 g/mol. The van der Waals surface area contributed by atoms with Gasteiger partial charge in [-0.2, -0.15) is 0 Å². The molecule has 0 N–H and O–H groups in total.